The van der Waals surface area contributed by atoms with Crippen LogP contribution in [0.5, 0.6) is 0 Å². The van der Waals surface area contributed by atoms with Crippen LogP contribution in [0.15, 0.2) is 0 Å². The van der Waals surface area contributed by atoms with E-state index in [4.69, 9.17) is 13.9 Å². The zero-order valence-electron chi connectivity index (χ0n) is 11.3. The molecule has 0 aromatic rings. The van der Waals surface area contributed by atoms with Crippen LogP contribution in [0.1, 0.15) is 20.3 Å². The zero-order valence-corrected chi connectivity index (χ0v) is 12.3. The van der Waals surface area contributed by atoms with Crippen molar-refractivity contribution in [2.45, 2.75) is 39.4 Å². The van der Waals surface area contributed by atoms with Gasteiger partial charge in [-0.15, -0.1) is 0 Å². The standard InChI is InChI=1S/C9H22O3Si.C2H6/c1-10-7-8-12-6-5-9-13(3,4)11-2;1-2/h5-9H2,1-4H3;1-2H3. The van der Waals surface area contributed by atoms with Crippen molar-refractivity contribution < 1.29 is 13.9 Å². The fraction of sp³-hybridized carbons (Fsp3) is 1.00. The van der Waals surface area contributed by atoms with Crippen molar-refractivity contribution >= 4 is 8.32 Å². The molecule has 0 spiro atoms. The summed E-state index contributed by atoms with van der Waals surface area (Å²) < 4.78 is 15.6. The Balaban J connectivity index is 0. The van der Waals surface area contributed by atoms with Crippen LogP contribution in [0.2, 0.25) is 19.1 Å². The van der Waals surface area contributed by atoms with E-state index in [9.17, 15) is 0 Å². The lowest BCUT2D eigenvalue weighted by Gasteiger charge is -2.19. The van der Waals surface area contributed by atoms with E-state index in [0.717, 1.165) is 19.1 Å². The fourth-order valence-corrected chi connectivity index (χ4v) is 2.15. The Kier molecular flexibility index (Phi) is 14.2. The molecule has 4 heteroatoms. The second kappa shape index (κ2) is 12.2. The Bertz CT molecular complexity index is 118. The summed E-state index contributed by atoms with van der Waals surface area (Å²) in [5.74, 6) is 0. The minimum absolute atomic E-state index is 0.686. The Hall–Kier alpha value is 0.0969. The quantitative estimate of drug-likeness (QED) is 0.479. The van der Waals surface area contributed by atoms with E-state index in [-0.39, 0.29) is 0 Å². The van der Waals surface area contributed by atoms with Gasteiger partial charge in [0.25, 0.3) is 0 Å². The van der Waals surface area contributed by atoms with Gasteiger partial charge in [0.2, 0.25) is 0 Å². The molecule has 0 fully saturated rings. The zero-order chi connectivity index (χ0) is 12.2. The summed E-state index contributed by atoms with van der Waals surface area (Å²) in [6.45, 7) is 10.7. The first-order chi connectivity index (χ1) is 7.12. The highest BCUT2D eigenvalue weighted by molar-refractivity contribution is 6.71. The molecule has 0 N–H and O–H groups in total. The van der Waals surface area contributed by atoms with Crippen molar-refractivity contribution in [3.05, 3.63) is 0 Å². The van der Waals surface area contributed by atoms with Crippen molar-refractivity contribution in [1.82, 2.24) is 0 Å². The highest BCUT2D eigenvalue weighted by Gasteiger charge is 2.19. The maximum atomic E-state index is 5.42. The van der Waals surface area contributed by atoms with Gasteiger partial charge >= 0.3 is 0 Å². The van der Waals surface area contributed by atoms with Crippen molar-refractivity contribution in [3.63, 3.8) is 0 Å². The van der Waals surface area contributed by atoms with Crippen molar-refractivity contribution in [2.75, 3.05) is 34.0 Å². The molecule has 0 saturated carbocycles. The number of ether oxygens (including phenoxy) is 2. The first-order valence-corrected chi connectivity index (χ1v) is 8.86. The van der Waals surface area contributed by atoms with E-state index < -0.39 is 8.32 Å². The van der Waals surface area contributed by atoms with Gasteiger partial charge in [-0.1, -0.05) is 13.8 Å². The minimum Gasteiger partial charge on any atom is -0.420 e. The minimum atomic E-state index is -1.36. The predicted molar refractivity (Wildman–Crippen MR) is 68.0 cm³/mol. The summed E-state index contributed by atoms with van der Waals surface area (Å²) in [5.41, 5.74) is 0. The first kappa shape index (κ1) is 17.5. The van der Waals surface area contributed by atoms with Crippen LogP contribution in [0.25, 0.3) is 0 Å². The molecule has 0 aromatic carbocycles. The Labute approximate surface area is 96.2 Å². The first-order valence-electron chi connectivity index (χ1n) is 5.74. The van der Waals surface area contributed by atoms with E-state index in [1.165, 1.54) is 0 Å². The molecule has 0 saturated heterocycles. The lowest BCUT2D eigenvalue weighted by atomic mass is 10.5. The lowest BCUT2D eigenvalue weighted by Crippen LogP contribution is -2.28. The highest BCUT2D eigenvalue weighted by Crippen LogP contribution is 2.11. The SMILES string of the molecule is CC.COCCOCCC[Si](C)(C)OC. The number of rotatable bonds is 8. The summed E-state index contributed by atoms with van der Waals surface area (Å²) >= 11 is 0. The maximum absolute atomic E-state index is 5.42. The topological polar surface area (TPSA) is 27.7 Å². The van der Waals surface area contributed by atoms with Crippen LogP contribution in [-0.2, 0) is 13.9 Å². The van der Waals surface area contributed by atoms with E-state index in [1.807, 2.05) is 13.8 Å². The second-order valence-electron chi connectivity index (χ2n) is 3.67. The molecule has 0 aromatic heterocycles. The fourth-order valence-electron chi connectivity index (χ4n) is 0.946. The molecule has 0 amide bonds. The van der Waals surface area contributed by atoms with Crippen LogP contribution < -0.4 is 0 Å². The smallest absolute Gasteiger partial charge is 0.186 e. The predicted octanol–water partition coefficient (Wildman–Crippen LogP) is 2.92. The molecule has 0 radical (unpaired) electrons. The van der Waals surface area contributed by atoms with Gasteiger partial charge in [0.05, 0.1) is 13.2 Å². The van der Waals surface area contributed by atoms with Gasteiger partial charge in [-0.2, -0.15) is 0 Å². The van der Waals surface area contributed by atoms with Gasteiger partial charge in [0.15, 0.2) is 8.32 Å². The van der Waals surface area contributed by atoms with Crippen LogP contribution in [-0.4, -0.2) is 42.4 Å². The third kappa shape index (κ3) is 14.1. The normalized spacial score (nSPS) is 10.8. The molecular formula is C11H28O3Si. The number of hydrogen-bond donors (Lipinski definition) is 0. The van der Waals surface area contributed by atoms with Gasteiger partial charge in [-0.25, -0.2) is 0 Å². The summed E-state index contributed by atoms with van der Waals surface area (Å²) in [6, 6.07) is 1.16. The van der Waals surface area contributed by atoms with E-state index in [0.29, 0.717) is 13.2 Å². The summed E-state index contributed by atoms with van der Waals surface area (Å²) in [6.07, 6.45) is 1.09. The molecule has 3 nitrogen and oxygen atoms in total. The van der Waals surface area contributed by atoms with Gasteiger partial charge in [0, 0.05) is 20.8 Å². The van der Waals surface area contributed by atoms with E-state index in [2.05, 4.69) is 13.1 Å². The largest absolute Gasteiger partial charge is 0.420 e. The summed E-state index contributed by atoms with van der Waals surface area (Å²) in [4.78, 5) is 0. The van der Waals surface area contributed by atoms with Crippen LogP contribution >= 0.6 is 0 Å². The molecule has 0 unspecified atom stereocenters. The van der Waals surface area contributed by atoms with Gasteiger partial charge in [-0.05, 0) is 25.6 Å². The van der Waals surface area contributed by atoms with E-state index in [1.54, 1.807) is 14.2 Å². The molecule has 15 heavy (non-hydrogen) atoms. The summed E-state index contributed by atoms with van der Waals surface area (Å²) in [7, 11) is 2.13. The monoisotopic (exact) mass is 236 g/mol. The maximum Gasteiger partial charge on any atom is 0.186 e. The lowest BCUT2D eigenvalue weighted by molar-refractivity contribution is 0.0706. The van der Waals surface area contributed by atoms with Crippen molar-refractivity contribution in [2.24, 2.45) is 0 Å². The second-order valence-corrected chi connectivity index (χ2v) is 8.10. The third-order valence-electron chi connectivity index (χ3n) is 2.05. The average Bonchev–Trinajstić information content (AvgIpc) is 2.26. The molecule has 0 rings (SSSR count). The molecular weight excluding hydrogens is 208 g/mol. The number of hydrogen-bond acceptors (Lipinski definition) is 3. The molecule has 0 bridgehead atoms. The molecule has 0 atom stereocenters. The van der Waals surface area contributed by atoms with Crippen LogP contribution in [0.4, 0.5) is 0 Å². The molecule has 94 valence electrons. The Morgan fingerprint density at radius 1 is 0.933 bits per heavy atom. The molecule has 0 heterocycles. The average molecular weight is 236 g/mol. The number of methoxy groups -OCH3 is 1. The van der Waals surface area contributed by atoms with Crippen molar-refractivity contribution in [3.8, 4) is 0 Å². The molecule has 0 aliphatic heterocycles. The van der Waals surface area contributed by atoms with Crippen LogP contribution in [0.3, 0.4) is 0 Å². The van der Waals surface area contributed by atoms with E-state index >= 15 is 0 Å². The molecule has 0 aliphatic rings. The van der Waals surface area contributed by atoms with Gasteiger partial charge < -0.3 is 13.9 Å². The van der Waals surface area contributed by atoms with Gasteiger partial charge in [0.1, 0.15) is 0 Å². The Morgan fingerprint density at radius 2 is 1.53 bits per heavy atom. The van der Waals surface area contributed by atoms with Crippen molar-refractivity contribution in [1.29, 1.82) is 0 Å². The summed E-state index contributed by atoms with van der Waals surface area (Å²) in [5, 5.41) is 0. The van der Waals surface area contributed by atoms with Gasteiger partial charge in [-0.3, -0.25) is 0 Å². The third-order valence-corrected chi connectivity index (χ3v) is 4.71. The molecule has 0 aliphatic carbocycles. The highest BCUT2D eigenvalue weighted by atomic mass is 28.4. The van der Waals surface area contributed by atoms with Crippen LogP contribution in [0, 0.1) is 0 Å². The Morgan fingerprint density at radius 3 is 2.00 bits per heavy atom.